The number of anilines is 1. The first-order valence-electron chi connectivity index (χ1n) is 9.62. The van der Waals surface area contributed by atoms with E-state index in [-0.39, 0.29) is 32.6 Å². The highest BCUT2D eigenvalue weighted by atomic mass is 35.5. The van der Waals surface area contributed by atoms with Crippen molar-refractivity contribution in [2.75, 3.05) is 24.9 Å². The Hall–Kier alpha value is -2.58. The zero-order valence-electron chi connectivity index (χ0n) is 16.6. The molecule has 1 aliphatic rings. The number of para-hydroxylation sites is 1. The first-order valence-corrected chi connectivity index (χ1v) is 11.5. The second kappa shape index (κ2) is 9.49. The summed E-state index contributed by atoms with van der Waals surface area (Å²) in [6.07, 6.45) is 4.02. The number of esters is 1. The predicted molar refractivity (Wildman–Crippen MR) is 114 cm³/mol. The molecule has 0 aromatic heterocycles. The first kappa shape index (κ1) is 22.1. The van der Waals surface area contributed by atoms with Crippen LogP contribution < -0.4 is 4.72 Å². The summed E-state index contributed by atoms with van der Waals surface area (Å²) in [6.45, 7) is 1.30. The molecule has 1 N–H and O–H groups in total. The van der Waals surface area contributed by atoms with Gasteiger partial charge in [0.1, 0.15) is 0 Å². The van der Waals surface area contributed by atoms with Gasteiger partial charge in [0.25, 0.3) is 15.9 Å². The summed E-state index contributed by atoms with van der Waals surface area (Å²) >= 11 is 5.98. The number of rotatable bonds is 5. The Morgan fingerprint density at radius 1 is 1.00 bits per heavy atom. The molecule has 1 saturated heterocycles. The molecule has 160 valence electrons. The highest BCUT2D eigenvalue weighted by molar-refractivity contribution is 7.92. The molecule has 1 fully saturated rings. The topological polar surface area (TPSA) is 92.8 Å². The van der Waals surface area contributed by atoms with Gasteiger partial charge in [-0.1, -0.05) is 36.6 Å². The van der Waals surface area contributed by atoms with E-state index < -0.39 is 16.0 Å². The fourth-order valence-electron chi connectivity index (χ4n) is 3.34. The van der Waals surface area contributed by atoms with Crippen molar-refractivity contribution in [3.8, 4) is 0 Å². The van der Waals surface area contributed by atoms with E-state index in [1.54, 1.807) is 29.2 Å². The molecule has 0 unspecified atom stereocenters. The van der Waals surface area contributed by atoms with Gasteiger partial charge in [-0.25, -0.2) is 13.2 Å². The number of sulfonamides is 1. The van der Waals surface area contributed by atoms with Gasteiger partial charge >= 0.3 is 5.97 Å². The van der Waals surface area contributed by atoms with E-state index in [9.17, 15) is 18.0 Å². The molecule has 0 saturated carbocycles. The number of amides is 1. The van der Waals surface area contributed by atoms with Crippen molar-refractivity contribution in [3.05, 3.63) is 58.6 Å². The molecule has 0 bridgehead atoms. The van der Waals surface area contributed by atoms with E-state index in [0.29, 0.717) is 13.1 Å². The summed E-state index contributed by atoms with van der Waals surface area (Å²) in [5.41, 5.74) is 0.405. The Kier molecular flexibility index (Phi) is 6.99. The molecule has 1 heterocycles. The van der Waals surface area contributed by atoms with Gasteiger partial charge in [-0.05, 0) is 43.2 Å². The molecule has 0 atom stereocenters. The SMILES string of the molecule is COC(=O)c1cc(S(=O)(=O)Nc2ccccc2C(=O)N2CCCCCC2)ccc1Cl. The molecule has 30 heavy (non-hydrogen) atoms. The lowest BCUT2D eigenvalue weighted by molar-refractivity contribution is 0.0600. The molecular formula is C21H23ClN2O5S. The van der Waals surface area contributed by atoms with Crippen LogP contribution in [0.3, 0.4) is 0 Å². The number of ether oxygens (including phenoxy) is 1. The van der Waals surface area contributed by atoms with Gasteiger partial charge in [-0.3, -0.25) is 9.52 Å². The Labute approximate surface area is 181 Å². The third kappa shape index (κ3) is 4.94. The van der Waals surface area contributed by atoms with Crippen molar-refractivity contribution in [1.29, 1.82) is 0 Å². The number of carbonyl (C=O) groups is 2. The lowest BCUT2D eigenvalue weighted by Crippen LogP contribution is -2.32. The Balaban J connectivity index is 1.91. The Morgan fingerprint density at radius 2 is 1.67 bits per heavy atom. The number of halogens is 1. The maximum Gasteiger partial charge on any atom is 0.339 e. The first-order chi connectivity index (χ1) is 14.3. The minimum absolute atomic E-state index is 0.0593. The summed E-state index contributed by atoms with van der Waals surface area (Å²) in [5, 5.41) is 0.0811. The maximum atomic E-state index is 13.0. The van der Waals surface area contributed by atoms with Gasteiger partial charge < -0.3 is 9.64 Å². The van der Waals surface area contributed by atoms with Crippen LogP contribution >= 0.6 is 11.6 Å². The fraction of sp³-hybridized carbons (Fsp3) is 0.333. The van der Waals surface area contributed by atoms with E-state index in [1.165, 1.54) is 19.2 Å². The van der Waals surface area contributed by atoms with Crippen LogP contribution in [0.25, 0.3) is 0 Å². The van der Waals surface area contributed by atoms with Crippen LogP contribution in [0.15, 0.2) is 47.4 Å². The predicted octanol–water partition coefficient (Wildman–Crippen LogP) is 3.94. The molecule has 2 aromatic carbocycles. The number of carbonyl (C=O) groups excluding carboxylic acids is 2. The van der Waals surface area contributed by atoms with Crippen LogP contribution in [-0.4, -0.2) is 45.4 Å². The van der Waals surface area contributed by atoms with Gasteiger partial charge in [0.15, 0.2) is 0 Å². The molecule has 0 aliphatic carbocycles. The van der Waals surface area contributed by atoms with E-state index in [4.69, 9.17) is 11.6 Å². The summed E-state index contributed by atoms with van der Waals surface area (Å²) in [4.78, 5) is 26.5. The molecule has 3 rings (SSSR count). The third-order valence-electron chi connectivity index (χ3n) is 4.95. The average molecular weight is 451 g/mol. The molecule has 2 aromatic rings. The minimum atomic E-state index is -4.08. The summed E-state index contributed by atoms with van der Waals surface area (Å²) in [6, 6.07) is 10.2. The number of likely N-dealkylation sites (tertiary alicyclic amines) is 1. The van der Waals surface area contributed by atoms with Crippen molar-refractivity contribution >= 4 is 39.2 Å². The smallest absolute Gasteiger partial charge is 0.339 e. The molecule has 0 radical (unpaired) electrons. The Bertz CT molecular complexity index is 1050. The maximum absolute atomic E-state index is 13.0. The zero-order valence-corrected chi connectivity index (χ0v) is 18.1. The van der Waals surface area contributed by atoms with Gasteiger partial charge in [0, 0.05) is 13.1 Å². The van der Waals surface area contributed by atoms with Gasteiger partial charge in [-0.15, -0.1) is 0 Å². The van der Waals surface area contributed by atoms with Crippen LogP contribution in [0.2, 0.25) is 5.02 Å². The molecule has 1 amide bonds. The van der Waals surface area contributed by atoms with E-state index in [1.807, 2.05) is 0 Å². The third-order valence-corrected chi connectivity index (χ3v) is 6.64. The zero-order chi connectivity index (χ0) is 21.7. The second-order valence-electron chi connectivity index (χ2n) is 6.99. The summed E-state index contributed by atoms with van der Waals surface area (Å²) < 4.78 is 33.0. The number of nitrogens with zero attached hydrogens (tertiary/aromatic N) is 1. The largest absolute Gasteiger partial charge is 0.465 e. The van der Waals surface area contributed by atoms with Gasteiger partial charge in [0.2, 0.25) is 0 Å². The normalized spacial score (nSPS) is 14.7. The molecule has 9 heteroatoms. The van der Waals surface area contributed by atoms with Crippen molar-refractivity contribution in [2.24, 2.45) is 0 Å². The lowest BCUT2D eigenvalue weighted by Gasteiger charge is -2.22. The van der Waals surface area contributed by atoms with E-state index >= 15 is 0 Å². The molecule has 1 aliphatic heterocycles. The molecular weight excluding hydrogens is 428 g/mol. The van der Waals surface area contributed by atoms with Gasteiger partial charge in [0.05, 0.1) is 33.8 Å². The highest BCUT2D eigenvalue weighted by Gasteiger charge is 2.24. The monoisotopic (exact) mass is 450 g/mol. The number of hydrogen-bond donors (Lipinski definition) is 1. The van der Waals surface area contributed by atoms with Crippen molar-refractivity contribution in [1.82, 2.24) is 4.90 Å². The standard InChI is InChI=1S/C21H23ClN2O5S/c1-29-21(26)17-14-15(10-11-18(17)22)30(27,28)23-19-9-5-4-8-16(19)20(25)24-12-6-2-3-7-13-24/h4-5,8-11,14,23H,2-3,6-7,12-13H2,1H3. The van der Waals surface area contributed by atoms with Crippen LogP contribution in [0.1, 0.15) is 46.4 Å². The number of benzene rings is 2. The van der Waals surface area contributed by atoms with Crippen molar-refractivity contribution in [3.63, 3.8) is 0 Å². The summed E-state index contributed by atoms with van der Waals surface area (Å²) in [7, 11) is -2.89. The van der Waals surface area contributed by atoms with Crippen molar-refractivity contribution < 1.29 is 22.7 Å². The van der Waals surface area contributed by atoms with Gasteiger partial charge in [-0.2, -0.15) is 0 Å². The van der Waals surface area contributed by atoms with Crippen LogP contribution in [0.5, 0.6) is 0 Å². The number of nitrogens with one attached hydrogen (secondary N) is 1. The Morgan fingerprint density at radius 3 is 2.33 bits per heavy atom. The van der Waals surface area contributed by atoms with E-state index in [2.05, 4.69) is 9.46 Å². The lowest BCUT2D eigenvalue weighted by atomic mass is 10.1. The minimum Gasteiger partial charge on any atom is -0.465 e. The highest BCUT2D eigenvalue weighted by Crippen LogP contribution is 2.26. The number of methoxy groups -OCH3 is 1. The summed E-state index contributed by atoms with van der Waals surface area (Å²) in [5.74, 6) is -0.949. The van der Waals surface area contributed by atoms with Crippen LogP contribution in [-0.2, 0) is 14.8 Å². The second-order valence-corrected chi connectivity index (χ2v) is 9.08. The molecule has 7 nitrogen and oxygen atoms in total. The van der Waals surface area contributed by atoms with E-state index in [0.717, 1.165) is 31.7 Å². The average Bonchev–Trinajstić information content (AvgIpc) is 3.02. The van der Waals surface area contributed by atoms with Crippen LogP contribution in [0, 0.1) is 0 Å². The molecule has 0 spiro atoms. The fourth-order valence-corrected chi connectivity index (χ4v) is 4.64. The van der Waals surface area contributed by atoms with Crippen molar-refractivity contribution in [2.45, 2.75) is 30.6 Å². The van der Waals surface area contributed by atoms with Crippen LogP contribution in [0.4, 0.5) is 5.69 Å². The number of hydrogen-bond acceptors (Lipinski definition) is 5. The quantitative estimate of drug-likeness (QED) is 0.696.